The van der Waals surface area contributed by atoms with Gasteiger partial charge >= 0.3 is 19.8 Å². The van der Waals surface area contributed by atoms with Crippen LogP contribution < -0.4 is 0 Å². The molecule has 0 saturated heterocycles. The summed E-state index contributed by atoms with van der Waals surface area (Å²) in [5.74, 6) is -1.06. The van der Waals surface area contributed by atoms with Gasteiger partial charge in [-0.15, -0.1) is 0 Å². The molecule has 0 aliphatic rings. The van der Waals surface area contributed by atoms with Gasteiger partial charge in [-0.1, -0.05) is 212 Å². The Kier molecular flexibility index (Phi) is 37.1. The SMILES string of the molecule is CCCCCCCCCCCCCCCCCCCCCCCCCCCCCCCCCCCC(=O)OC[C@H](COP(=O)(O)O)OC(C)=O. The maximum Gasteiger partial charge on any atom is 0.469 e. The van der Waals surface area contributed by atoms with E-state index >= 15 is 0 Å². The summed E-state index contributed by atoms with van der Waals surface area (Å²) in [5.41, 5.74) is 0. The van der Waals surface area contributed by atoms with Crippen LogP contribution >= 0.6 is 7.82 Å². The van der Waals surface area contributed by atoms with Gasteiger partial charge in [-0.3, -0.25) is 14.1 Å². The molecule has 0 heterocycles. The van der Waals surface area contributed by atoms with Crippen LogP contribution in [0.2, 0.25) is 0 Å². The predicted molar refractivity (Wildman–Crippen MR) is 207 cm³/mol. The van der Waals surface area contributed by atoms with Crippen molar-refractivity contribution in [1.82, 2.24) is 0 Å². The lowest BCUT2D eigenvalue weighted by molar-refractivity contribution is -0.159. The first kappa shape index (κ1) is 49.0. The van der Waals surface area contributed by atoms with E-state index in [-0.39, 0.29) is 13.0 Å². The van der Waals surface area contributed by atoms with Crippen molar-refractivity contribution in [2.45, 2.75) is 238 Å². The van der Waals surface area contributed by atoms with E-state index in [9.17, 15) is 14.2 Å². The van der Waals surface area contributed by atoms with Gasteiger partial charge in [-0.25, -0.2) is 4.57 Å². The Bertz CT molecular complexity index is 787. The molecular weight excluding hydrogens is 651 g/mol. The highest BCUT2D eigenvalue weighted by molar-refractivity contribution is 7.46. The number of phosphoric acid groups is 1. The Morgan fingerprint density at radius 3 is 1.02 bits per heavy atom. The summed E-state index contributed by atoms with van der Waals surface area (Å²) in [6, 6.07) is 0. The van der Waals surface area contributed by atoms with Gasteiger partial charge in [0.1, 0.15) is 6.61 Å². The molecule has 9 heteroatoms. The smallest absolute Gasteiger partial charge is 0.462 e. The number of esters is 2. The molecule has 50 heavy (non-hydrogen) atoms. The minimum Gasteiger partial charge on any atom is -0.462 e. The molecule has 0 aromatic heterocycles. The van der Waals surface area contributed by atoms with Gasteiger partial charge in [-0.2, -0.15) is 0 Å². The Labute approximate surface area is 308 Å². The first-order valence-electron chi connectivity index (χ1n) is 21.3. The van der Waals surface area contributed by atoms with E-state index in [0.29, 0.717) is 0 Å². The highest BCUT2D eigenvalue weighted by Gasteiger charge is 2.21. The Hall–Kier alpha value is -0.950. The van der Waals surface area contributed by atoms with Crippen molar-refractivity contribution in [3.8, 4) is 0 Å². The summed E-state index contributed by atoms with van der Waals surface area (Å²) in [7, 11) is -4.70. The number of phosphoric ester groups is 1. The number of rotatable bonds is 40. The van der Waals surface area contributed by atoms with Crippen LogP contribution in [0.15, 0.2) is 0 Å². The van der Waals surface area contributed by atoms with Crippen molar-refractivity contribution in [3.05, 3.63) is 0 Å². The normalized spacial score (nSPS) is 12.3. The van der Waals surface area contributed by atoms with E-state index in [4.69, 9.17) is 19.3 Å². The first-order chi connectivity index (χ1) is 24.2. The van der Waals surface area contributed by atoms with Crippen LogP contribution in [0, 0.1) is 0 Å². The first-order valence-corrected chi connectivity index (χ1v) is 22.8. The lowest BCUT2D eigenvalue weighted by atomic mass is 10.0. The average molecular weight is 733 g/mol. The second-order valence-electron chi connectivity index (χ2n) is 14.8. The van der Waals surface area contributed by atoms with Crippen LogP contribution in [-0.2, 0) is 28.2 Å². The lowest BCUT2D eigenvalue weighted by Gasteiger charge is -2.17. The second kappa shape index (κ2) is 37.8. The summed E-state index contributed by atoms with van der Waals surface area (Å²) in [4.78, 5) is 40.7. The van der Waals surface area contributed by atoms with Gasteiger partial charge in [0.25, 0.3) is 0 Å². The third-order valence-electron chi connectivity index (χ3n) is 9.68. The third kappa shape index (κ3) is 41.5. The van der Waals surface area contributed by atoms with Crippen molar-refractivity contribution >= 4 is 19.8 Å². The van der Waals surface area contributed by atoms with Gasteiger partial charge in [0.2, 0.25) is 0 Å². The number of carbonyl (C=O) groups excluding carboxylic acids is 2. The maximum absolute atomic E-state index is 11.9. The van der Waals surface area contributed by atoms with E-state index in [1.165, 1.54) is 193 Å². The van der Waals surface area contributed by atoms with E-state index in [2.05, 4.69) is 11.4 Å². The molecule has 0 unspecified atom stereocenters. The number of hydrogen-bond donors (Lipinski definition) is 2. The highest BCUT2D eigenvalue weighted by Crippen LogP contribution is 2.35. The van der Waals surface area contributed by atoms with Crippen LogP contribution in [-0.4, -0.2) is 41.0 Å². The van der Waals surface area contributed by atoms with Gasteiger partial charge in [-0.05, 0) is 6.42 Å². The molecule has 0 fully saturated rings. The molecule has 0 rings (SSSR count). The van der Waals surface area contributed by atoms with E-state index in [1.807, 2.05) is 0 Å². The quantitative estimate of drug-likeness (QED) is 0.0363. The molecular formula is C41H81O8P. The molecule has 0 aromatic rings. The molecule has 0 spiro atoms. The number of carbonyl (C=O) groups is 2. The van der Waals surface area contributed by atoms with Crippen LogP contribution in [0.4, 0.5) is 0 Å². The van der Waals surface area contributed by atoms with E-state index in [1.54, 1.807) is 0 Å². The summed E-state index contributed by atoms with van der Waals surface area (Å²) in [6.07, 6.45) is 44.3. The zero-order chi connectivity index (χ0) is 36.8. The fourth-order valence-electron chi connectivity index (χ4n) is 6.61. The standard InChI is InChI=1S/C41H81O8P/c1-3-4-5-6-7-8-9-10-11-12-13-14-15-16-17-18-19-20-21-22-23-24-25-26-27-28-29-30-31-32-33-34-35-36-41(43)47-37-40(49-39(2)42)38-48-50(44,45)46/h40H,3-38H2,1-2H3,(H2,44,45,46)/t40-/m1/s1. The molecule has 0 aliphatic carbocycles. The van der Waals surface area contributed by atoms with Crippen LogP contribution in [0.5, 0.6) is 0 Å². The van der Waals surface area contributed by atoms with Gasteiger partial charge in [0.05, 0.1) is 6.61 Å². The molecule has 0 amide bonds. The fraction of sp³-hybridized carbons (Fsp3) is 0.951. The Balaban J connectivity index is 3.29. The van der Waals surface area contributed by atoms with E-state index < -0.39 is 32.5 Å². The van der Waals surface area contributed by atoms with E-state index in [0.717, 1.165) is 26.2 Å². The molecule has 0 bridgehead atoms. The lowest BCUT2D eigenvalue weighted by Crippen LogP contribution is -2.28. The summed E-state index contributed by atoms with van der Waals surface area (Å²) < 4.78 is 25.2. The van der Waals surface area contributed by atoms with Crippen LogP contribution in [0.3, 0.4) is 0 Å². The zero-order valence-electron chi connectivity index (χ0n) is 32.8. The monoisotopic (exact) mass is 733 g/mol. The molecule has 2 N–H and O–H groups in total. The molecule has 0 aromatic carbocycles. The minimum atomic E-state index is -4.70. The number of hydrogen-bond acceptors (Lipinski definition) is 6. The molecule has 0 radical (unpaired) electrons. The molecule has 1 atom stereocenters. The maximum atomic E-state index is 11.9. The topological polar surface area (TPSA) is 119 Å². The van der Waals surface area contributed by atoms with Crippen LogP contribution in [0.25, 0.3) is 0 Å². The molecule has 0 aliphatic heterocycles. The number of ether oxygens (including phenoxy) is 2. The predicted octanol–water partition coefficient (Wildman–Crippen LogP) is 12.9. The van der Waals surface area contributed by atoms with Gasteiger partial charge in [0, 0.05) is 13.3 Å². The van der Waals surface area contributed by atoms with Crippen molar-refractivity contribution in [3.63, 3.8) is 0 Å². The van der Waals surface area contributed by atoms with Gasteiger partial charge < -0.3 is 19.3 Å². The summed E-state index contributed by atoms with van der Waals surface area (Å²) in [6.45, 7) is 2.62. The Morgan fingerprint density at radius 1 is 0.480 bits per heavy atom. The molecule has 8 nitrogen and oxygen atoms in total. The zero-order valence-corrected chi connectivity index (χ0v) is 33.7. The average Bonchev–Trinajstić information content (AvgIpc) is 3.07. The summed E-state index contributed by atoms with van der Waals surface area (Å²) in [5, 5.41) is 0. The molecule has 298 valence electrons. The van der Waals surface area contributed by atoms with Gasteiger partial charge in [0.15, 0.2) is 6.10 Å². The van der Waals surface area contributed by atoms with Crippen molar-refractivity contribution in [2.24, 2.45) is 0 Å². The third-order valence-corrected chi connectivity index (χ3v) is 10.2. The van der Waals surface area contributed by atoms with Crippen LogP contribution in [0.1, 0.15) is 232 Å². The van der Waals surface area contributed by atoms with Crippen molar-refractivity contribution < 1.29 is 37.9 Å². The minimum absolute atomic E-state index is 0.270. The second-order valence-corrected chi connectivity index (χ2v) is 16.0. The highest BCUT2D eigenvalue weighted by atomic mass is 31.2. The fourth-order valence-corrected chi connectivity index (χ4v) is 6.97. The summed E-state index contributed by atoms with van der Waals surface area (Å²) >= 11 is 0. The molecule has 0 saturated carbocycles. The largest absolute Gasteiger partial charge is 0.469 e. The number of unbranched alkanes of at least 4 members (excludes halogenated alkanes) is 32. The Morgan fingerprint density at radius 2 is 0.760 bits per heavy atom. The van der Waals surface area contributed by atoms with Crippen molar-refractivity contribution in [2.75, 3.05) is 13.2 Å². The van der Waals surface area contributed by atoms with Crippen molar-refractivity contribution in [1.29, 1.82) is 0 Å².